The number of carbonyl (C=O) groups is 1. The number of nitriles is 1. The number of hydrogen-bond acceptors (Lipinski definition) is 3. The van der Waals surface area contributed by atoms with Crippen LogP contribution in [0.4, 0.5) is 0 Å². The van der Waals surface area contributed by atoms with E-state index in [0.717, 1.165) is 5.56 Å². The molecule has 3 aromatic rings. The zero-order valence-electron chi connectivity index (χ0n) is 13.6. The molecule has 0 fully saturated rings. The van der Waals surface area contributed by atoms with Gasteiger partial charge in [-0.3, -0.25) is 8.77 Å². The van der Waals surface area contributed by atoms with Gasteiger partial charge in [-0.15, -0.1) is 0 Å². The molecule has 26 heavy (non-hydrogen) atoms. The van der Waals surface area contributed by atoms with Crippen molar-refractivity contribution in [3.8, 4) is 6.07 Å². The van der Waals surface area contributed by atoms with Crippen LogP contribution in [0.2, 0.25) is 10.0 Å². The molecule has 4 nitrogen and oxygen atoms in total. The molecule has 0 aliphatic carbocycles. The van der Waals surface area contributed by atoms with Crippen LogP contribution in [0.25, 0.3) is 10.9 Å². The number of aryl methyl sites for hydroxylation is 1. The van der Waals surface area contributed by atoms with Crippen LogP contribution in [0.5, 0.6) is 0 Å². The van der Waals surface area contributed by atoms with Gasteiger partial charge < -0.3 is 0 Å². The standard InChI is InChI=1S/C19H12Cl2N2O2S/c1-11-3-5-13(6-4-11)26(25)23-16-8-7-15(20)18(21)14(16)9-17(23)19(24)12(2)10-22/h3-9H,2H2,1H3. The molecule has 1 heterocycles. The second kappa shape index (κ2) is 7.08. The predicted molar refractivity (Wildman–Crippen MR) is 104 cm³/mol. The average Bonchev–Trinajstić information content (AvgIpc) is 3.03. The van der Waals surface area contributed by atoms with E-state index < -0.39 is 16.8 Å². The molecule has 0 spiro atoms. The molecule has 1 unspecified atom stereocenters. The molecule has 0 saturated heterocycles. The Morgan fingerprint density at radius 1 is 1.19 bits per heavy atom. The van der Waals surface area contributed by atoms with Gasteiger partial charge in [0.05, 0.1) is 26.0 Å². The van der Waals surface area contributed by atoms with Crippen molar-refractivity contribution in [1.29, 1.82) is 5.26 Å². The SMILES string of the molecule is C=C(C#N)C(=O)c1cc2c(Cl)c(Cl)ccc2n1S(=O)c1ccc(C)cc1. The summed E-state index contributed by atoms with van der Waals surface area (Å²) in [5.74, 6) is -0.614. The van der Waals surface area contributed by atoms with Gasteiger partial charge in [0.1, 0.15) is 11.8 Å². The summed E-state index contributed by atoms with van der Waals surface area (Å²) in [7, 11) is -1.72. The quantitative estimate of drug-likeness (QED) is 0.346. The van der Waals surface area contributed by atoms with Crippen molar-refractivity contribution < 1.29 is 9.00 Å². The molecule has 2 aromatic carbocycles. The Morgan fingerprint density at radius 2 is 1.85 bits per heavy atom. The number of halogens is 2. The monoisotopic (exact) mass is 402 g/mol. The lowest BCUT2D eigenvalue weighted by molar-refractivity contribution is 0.103. The number of nitrogens with zero attached hydrogens (tertiary/aromatic N) is 2. The minimum atomic E-state index is -1.72. The summed E-state index contributed by atoms with van der Waals surface area (Å²) >= 11 is 12.3. The Bertz CT molecular complexity index is 1130. The van der Waals surface area contributed by atoms with Crippen LogP contribution in [0, 0.1) is 18.3 Å². The second-order valence-corrected chi connectivity index (χ2v) is 7.72. The molecule has 0 saturated carbocycles. The van der Waals surface area contributed by atoms with E-state index in [-0.39, 0.29) is 16.3 Å². The first-order chi connectivity index (χ1) is 12.3. The summed E-state index contributed by atoms with van der Waals surface area (Å²) in [5.41, 5.74) is 1.31. The van der Waals surface area contributed by atoms with Gasteiger partial charge in [0, 0.05) is 5.39 Å². The van der Waals surface area contributed by atoms with E-state index in [9.17, 15) is 9.00 Å². The van der Waals surface area contributed by atoms with Gasteiger partial charge in [-0.05, 0) is 37.3 Å². The molecule has 0 aliphatic heterocycles. The fraction of sp³-hybridized carbons (Fsp3) is 0.0526. The lowest BCUT2D eigenvalue weighted by Gasteiger charge is -2.10. The number of carbonyl (C=O) groups excluding carboxylic acids is 1. The van der Waals surface area contributed by atoms with E-state index in [2.05, 4.69) is 6.58 Å². The fourth-order valence-corrected chi connectivity index (χ4v) is 4.11. The molecule has 130 valence electrons. The van der Waals surface area contributed by atoms with Gasteiger partial charge in [0.15, 0.2) is 11.0 Å². The summed E-state index contributed by atoms with van der Waals surface area (Å²) in [6.45, 7) is 5.38. The maximum absolute atomic E-state index is 13.2. The van der Waals surface area contributed by atoms with Crippen LogP contribution in [-0.2, 0) is 11.0 Å². The Labute approximate surface area is 162 Å². The maximum atomic E-state index is 13.2. The molecular formula is C19H12Cl2N2O2S. The molecule has 1 atom stereocenters. The Kier molecular flexibility index (Phi) is 5.01. The molecule has 1 aromatic heterocycles. The highest BCUT2D eigenvalue weighted by molar-refractivity contribution is 7.83. The van der Waals surface area contributed by atoms with Crippen LogP contribution >= 0.6 is 23.2 Å². The highest BCUT2D eigenvalue weighted by Crippen LogP contribution is 2.34. The minimum absolute atomic E-state index is 0.0645. The van der Waals surface area contributed by atoms with Crippen LogP contribution in [0.3, 0.4) is 0 Å². The molecule has 0 N–H and O–H groups in total. The highest BCUT2D eigenvalue weighted by Gasteiger charge is 2.24. The third-order valence-corrected chi connectivity index (χ3v) is 6.08. The van der Waals surface area contributed by atoms with Gasteiger partial charge in [0.2, 0.25) is 5.78 Å². The first-order valence-electron chi connectivity index (χ1n) is 7.47. The third kappa shape index (κ3) is 3.08. The fourth-order valence-electron chi connectivity index (χ4n) is 2.50. The third-order valence-electron chi connectivity index (χ3n) is 3.86. The number of aromatic nitrogens is 1. The van der Waals surface area contributed by atoms with Gasteiger partial charge >= 0.3 is 0 Å². The van der Waals surface area contributed by atoms with Crippen molar-refractivity contribution in [2.75, 3.05) is 0 Å². The van der Waals surface area contributed by atoms with Gasteiger partial charge in [0.25, 0.3) is 0 Å². The predicted octanol–water partition coefficient (Wildman–Crippen LogP) is 5.09. The normalized spacial score (nSPS) is 11.9. The van der Waals surface area contributed by atoms with E-state index in [0.29, 0.717) is 20.8 Å². The molecule has 0 amide bonds. The maximum Gasteiger partial charge on any atom is 0.220 e. The summed E-state index contributed by atoms with van der Waals surface area (Å²) in [6, 6.07) is 13.5. The smallest absolute Gasteiger partial charge is 0.220 e. The Morgan fingerprint density at radius 3 is 2.46 bits per heavy atom. The zero-order valence-corrected chi connectivity index (χ0v) is 16.0. The summed E-state index contributed by atoms with van der Waals surface area (Å²) < 4.78 is 14.6. The molecule has 0 aliphatic rings. The van der Waals surface area contributed by atoms with Crippen molar-refractivity contribution in [2.45, 2.75) is 11.8 Å². The lowest BCUT2D eigenvalue weighted by Crippen LogP contribution is -2.14. The molecule has 0 bridgehead atoms. The molecular weight excluding hydrogens is 391 g/mol. The number of allylic oxidation sites excluding steroid dienone is 1. The first kappa shape index (κ1) is 18.4. The number of ketones is 1. The van der Waals surface area contributed by atoms with Crippen LogP contribution in [0.15, 0.2) is 59.5 Å². The number of fused-ring (bicyclic) bond motifs is 1. The van der Waals surface area contributed by atoms with Crippen LogP contribution in [0.1, 0.15) is 16.1 Å². The highest BCUT2D eigenvalue weighted by atomic mass is 35.5. The zero-order chi connectivity index (χ0) is 19.0. The summed E-state index contributed by atoms with van der Waals surface area (Å²) in [6.07, 6.45) is 0. The first-order valence-corrected chi connectivity index (χ1v) is 9.33. The van der Waals surface area contributed by atoms with E-state index in [4.69, 9.17) is 28.5 Å². The van der Waals surface area contributed by atoms with Crippen molar-refractivity contribution >= 4 is 50.9 Å². The van der Waals surface area contributed by atoms with Crippen molar-refractivity contribution in [3.05, 3.63) is 75.9 Å². The van der Waals surface area contributed by atoms with E-state index in [1.807, 2.05) is 19.1 Å². The number of rotatable bonds is 4. The number of benzene rings is 2. The van der Waals surface area contributed by atoms with Gasteiger partial charge in [-0.2, -0.15) is 5.26 Å². The van der Waals surface area contributed by atoms with Crippen molar-refractivity contribution in [2.24, 2.45) is 0 Å². The topological polar surface area (TPSA) is 62.9 Å². The average molecular weight is 403 g/mol. The van der Waals surface area contributed by atoms with E-state index in [1.54, 1.807) is 30.3 Å². The van der Waals surface area contributed by atoms with E-state index in [1.165, 1.54) is 10.0 Å². The Balaban J connectivity index is 2.31. The molecule has 7 heteroatoms. The van der Waals surface area contributed by atoms with Gasteiger partial charge in [-0.25, -0.2) is 4.21 Å². The Hall–Kier alpha value is -2.39. The number of Topliss-reactive ketones (excluding diaryl/α,β-unsaturated/α-hetero) is 1. The van der Waals surface area contributed by atoms with Gasteiger partial charge in [-0.1, -0.05) is 47.5 Å². The van der Waals surface area contributed by atoms with Crippen LogP contribution in [-0.4, -0.2) is 14.0 Å². The van der Waals surface area contributed by atoms with Crippen molar-refractivity contribution in [1.82, 2.24) is 3.97 Å². The van der Waals surface area contributed by atoms with Crippen LogP contribution < -0.4 is 0 Å². The largest absolute Gasteiger partial charge is 0.286 e. The molecule has 3 rings (SSSR count). The summed E-state index contributed by atoms with van der Waals surface area (Å²) in [4.78, 5) is 13.1. The number of hydrogen-bond donors (Lipinski definition) is 0. The minimum Gasteiger partial charge on any atom is -0.286 e. The lowest BCUT2D eigenvalue weighted by atomic mass is 10.1. The van der Waals surface area contributed by atoms with E-state index >= 15 is 0 Å². The van der Waals surface area contributed by atoms with Crippen molar-refractivity contribution in [3.63, 3.8) is 0 Å². The second-order valence-electron chi connectivity index (χ2n) is 5.60. The molecule has 0 radical (unpaired) electrons. The summed E-state index contributed by atoms with van der Waals surface area (Å²) in [5, 5.41) is 10.1.